The Morgan fingerprint density at radius 2 is 1.74 bits per heavy atom. The first-order chi connectivity index (χ1) is 8.70. The number of hydrogen-bond acceptors (Lipinski definition) is 3. The molecule has 0 aliphatic heterocycles. The van der Waals surface area contributed by atoms with Crippen molar-refractivity contribution in [2.24, 2.45) is 0 Å². The lowest BCUT2D eigenvalue weighted by molar-refractivity contribution is -0.137. The van der Waals surface area contributed by atoms with Gasteiger partial charge in [-0.15, -0.1) is 0 Å². The van der Waals surface area contributed by atoms with E-state index in [4.69, 9.17) is 5.73 Å². The zero-order valence-corrected chi connectivity index (χ0v) is 10.7. The first-order valence-corrected chi connectivity index (χ1v) is 7.08. The van der Waals surface area contributed by atoms with Crippen LogP contribution in [0.15, 0.2) is 29.2 Å². The van der Waals surface area contributed by atoms with Crippen molar-refractivity contribution in [2.75, 3.05) is 12.3 Å². The SMILES string of the molecule is Nc1ccc(S(=O)(=O)N(CC(F)(F)F)C2CC2)cc1. The van der Waals surface area contributed by atoms with E-state index in [2.05, 4.69) is 0 Å². The summed E-state index contributed by atoms with van der Waals surface area (Å²) >= 11 is 0. The van der Waals surface area contributed by atoms with Gasteiger partial charge in [-0.3, -0.25) is 0 Å². The molecule has 0 bridgehead atoms. The molecule has 1 saturated carbocycles. The Hall–Kier alpha value is -1.28. The summed E-state index contributed by atoms with van der Waals surface area (Å²) in [5.41, 5.74) is 5.79. The summed E-state index contributed by atoms with van der Waals surface area (Å²) in [6, 6.07) is 4.59. The van der Waals surface area contributed by atoms with Crippen molar-refractivity contribution in [2.45, 2.75) is 30.0 Å². The number of alkyl halides is 3. The Balaban J connectivity index is 2.32. The van der Waals surface area contributed by atoms with Gasteiger partial charge in [0.15, 0.2) is 0 Å². The largest absolute Gasteiger partial charge is 0.402 e. The molecule has 0 unspecified atom stereocenters. The summed E-state index contributed by atoms with van der Waals surface area (Å²) < 4.78 is 62.3. The highest BCUT2D eigenvalue weighted by molar-refractivity contribution is 7.89. The zero-order valence-electron chi connectivity index (χ0n) is 9.89. The number of nitrogen functional groups attached to an aromatic ring is 1. The molecule has 1 aromatic carbocycles. The van der Waals surface area contributed by atoms with Crippen LogP contribution < -0.4 is 5.73 Å². The minimum atomic E-state index is -4.55. The first kappa shape index (κ1) is 14.1. The molecule has 2 N–H and O–H groups in total. The van der Waals surface area contributed by atoms with E-state index in [-0.39, 0.29) is 4.90 Å². The highest BCUT2D eigenvalue weighted by Gasteiger charge is 2.44. The fourth-order valence-electron chi connectivity index (χ4n) is 1.72. The lowest BCUT2D eigenvalue weighted by Crippen LogP contribution is -2.40. The van der Waals surface area contributed by atoms with Crippen molar-refractivity contribution in [3.8, 4) is 0 Å². The maximum absolute atomic E-state index is 12.5. The second kappa shape index (κ2) is 4.68. The molecule has 8 heteroatoms. The number of anilines is 1. The van der Waals surface area contributed by atoms with Crippen LogP contribution in [0.1, 0.15) is 12.8 Å². The van der Waals surface area contributed by atoms with Crippen LogP contribution in [0.5, 0.6) is 0 Å². The molecule has 0 heterocycles. The molecule has 4 nitrogen and oxygen atoms in total. The summed E-state index contributed by atoms with van der Waals surface area (Å²) in [6.45, 7) is -1.45. The van der Waals surface area contributed by atoms with Gasteiger partial charge in [-0.25, -0.2) is 8.42 Å². The number of halogens is 3. The van der Waals surface area contributed by atoms with E-state index < -0.39 is 28.8 Å². The van der Waals surface area contributed by atoms with E-state index in [9.17, 15) is 21.6 Å². The summed E-state index contributed by atoms with van der Waals surface area (Å²) in [5.74, 6) is 0. The molecule has 19 heavy (non-hydrogen) atoms. The van der Waals surface area contributed by atoms with Crippen molar-refractivity contribution in [1.29, 1.82) is 0 Å². The predicted molar refractivity (Wildman–Crippen MR) is 63.8 cm³/mol. The average Bonchev–Trinajstić information content (AvgIpc) is 3.09. The standard InChI is InChI=1S/C11H13F3N2O2S/c12-11(13,14)7-16(9-3-4-9)19(17,18)10-5-1-8(15)2-6-10/h1-2,5-6,9H,3-4,7,15H2. The molecule has 0 atom stereocenters. The van der Waals surface area contributed by atoms with Crippen LogP contribution in [0.4, 0.5) is 18.9 Å². The van der Waals surface area contributed by atoms with Gasteiger partial charge in [0.2, 0.25) is 10.0 Å². The number of hydrogen-bond donors (Lipinski definition) is 1. The van der Waals surface area contributed by atoms with Gasteiger partial charge in [-0.1, -0.05) is 0 Å². The van der Waals surface area contributed by atoms with Crippen LogP contribution in [-0.2, 0) is 10.0 Å². The third kappa shape index (κ3) is 3.38. The van der Waals surface area contributed by atoms with Crippen molar-refractivity contribution in [1.82, 2.24) is 4.31 Å². The highest BCUT2D eigenvalue weighted by Crippen LogP contribution is 2.34. The molecule has 0 aromatic heterocycles. The molecule has 0 spiro atoms. The molecule has 0 amide bonds. The number of benzene rings is 1. The number of rotatable bonds is 4. The van der Waals surface area contributed by atoms with Gasteiger partial charge >= 0.3 is 6.18 Å². The summed E-state index contributed by atoms with van der Waals surface area (Å²) in [6.07, 6.45) is -3.63. The summed E-state index contributed by atoms with van der Waals surface area (Å²) in [5, 5.41) is 0. The number of sulfonamides is 1. The normalized spacial score (nSPS) is 16.8. The van der Waals surface area contributed by atoms with E-state index in [1.807, 2.05) is 0 Å². The van der Waals surface area contributed by atoms with E-state index >= 15 is 0 Å². The third-order valence-corrected chi connectivity index (χ3v) is 4.69. The Bertz CT molecular complexity index is 550. The van der Waals surface area contributed by atoms with Crippen LogP contribution in [-0.4, -0.2) is 31.5 Å². The highest BCUT2D eigenvalue weighted by atomic mass is 32.2. The predicted octanol–water partition coefficient (Wildman–Crippen LogP) is 1.98. The molecule has 2 rings (SSSR count). The quantitative estimate of drug-likeness (QED) is 0.864. The Morgan fingerprint density at radius 1 is 1.21 bits per heavy atom. The van der Waals surface area contributed by atoms with Crippen LogP contribution >= 0.6 is 0 Å². The minimum absolute atomic E-state index is 0.169. The molecule has 1 fully saturated rings. The number of nitrogens with zero attached hydrogens (tertiary/aromatic N) is 1. The molecule has 1 aliphatic carbocycles. The topological polar surface area (TPSA) is 63.4 Å². The second-order valence-electron chi connectivity index (χ2n) is 4.47. The lowest BCUT2D eigenvalue weighted by Gasteiger charge is -2.23. The van der Waals surface area contributed by atoms with Gasteiger partial charge < -0.3 is 5.73 Å². The second-order valence-corrected chi connectivity index (χ2v) is 6.36. The smallest absolute Gasteiger partial charge is 0.399 e. The van der Waals surface area contributed by atoms with Gasteiger partial charge in [-0.05, 0) is 37.1 Å². The molecule has 106 valence electrons. The van der Waals surface area contributed by atoms with Gasteiger partial charge in [0, 0.05) is 11.7 Å². The average molecular weight is 294 g/mol. The summed E-state index contributed by atoms with van der Waals surface area (Å²) in [7, 11) is -4.13. The van der Waals surface area contributed by atoms with Crippen molar-refractivity contribution in [3.63, 3.8) is 0 Å². The van der Waals surface area contributed by atoms with Crippen LogP contribution in [0.25, 0.3) is 0 Å². The zero-order chi connectivity index (χ0) is 14.3. The lowest BCUT2D eigenvalue weighted by atomic mass is 10.3. The van der Waals surface area contributed by atoms with Crippen molar-refractivity contribution in [3.05, 3.63) is 24.3 Å². The molecule has 0 radical (unpaired) electrons. The van der Waals surface area contributed by atoms with Gasteiger partial charge in [-0.2, -0.15) is 17.5 Å². The van der Waals surface area contributed by atoms with Crippen LogP contribution in [0, 0.1) is 0 Å². The monoisotopic (exact) mass is 294 g/mol. The van der Waals surface area contributed by atoms with E-state index in [0.29, 0.717) is 22.8 Å². The molecular weight excluding hydrogens is 281 g/mol. The van der Waals surface area contributed by atoms with Crippen LogP contribution in [0.2, 0.25) is 0 Å². The fourth-order valence-corrected chi connectivity index (χ4v) is 3.40. The van der Waals surface area contributed by atoms with Crippen LogP contribution in [0.3, 0.4) is 0 Å². The van der Waals surface area contributed by atoms with Crippen molar-refractivity contribution < 1.29 is 21.6 Å². The minimum Gasteiger partial charge on any atom is -0.399 e. The Labute approximate surface area is 109 Å². The number of nitrogens with two attached hydrogens (primary N) is 1. The third-order valence-electron chi connectivity index (χ3n) is 2.78. The van der Waals surface area contributed by atoms with Gasteiger partial charge in [0.25, 0.3) is 0 Å². The maximum Gasteiger partial charge on any atom is 0.402 e. The summed E-state index contributed by atoms with van der Waals surface area (Å²) in [4.78, 5) is -0.169. The maximum atomic E-state index is 12.5. The van der Waals surface area contributed by atoms with Gasteiger partial charge in [0.05, 0.1) is 4.90 Å². The van der Waals surface area contributed by atoms with E-state index in [1.54, 1.807) is 0 Å². The van der Waals surface area contributed by atoms with Crippen molar-refractivity contribution >= 4 is 15.7 Å². The molecular formula is C11H13F3N2O2S. The van der Waals surface area contributed by atoms with Gasteiger partial charge in [0.1, 0.15) is 6.54 Å². The Morgan fingerprint density at radius 3 is 2.16 bits per heavy atom. The molecule has 1 aliphatic rings. The molecule has 1 aromatic rings. The van der Waals surface area contributed by atoms with E-state index in [0.717, 1.165) is 0 Å². The Kier molecular flexibility index (Phi) is 3.48. The molecule has 0 saturated heterocycles. The first-order valence-electron chi connectivity index (χ1n) is 5.64. The van der Waals surface area contributed by atoms with E-state index in [1.165, 1.54) is 24.3 Å². The fraction of sp³-hybridized carbons (Fsp3) is 0.455.